The number of benzene rings is 2. The van der Waals surface area contributed by atoms with Crippen LogP contribution in [-0.4, -0.2) is 157 Å². The van der Waals surface area contributed by atoms with Gasteiger partial charge >= 0.3 is 12.2 Å². The number of rotatable bonds is 8. The van der Waals surface area contributed by atoms with Crippen LogP contribution in [0.2, 0.25) is 0 Å². The monoisotopic (exact) mass is 832 g/mol. The summed E-state index contributed by atoms with van der Waals surface area (Å²) in [6.07, 6.45) is -0.938. The van der Waals surface area contributed by atoms with Crippen LogP contribution in [0.15, 0.2) is 60.7 Å². The quantitative estimate of drug-likeness (QED) is 0.223. The predicted octanol–water partition coefficient (Wildman–Crippen LogP) is 2.16. The Kier molecular flexibility index (Phi) is 13.9. The number of hydrogen-bond acceptors (Lipinski definition) is 12. The molecule has 3 heterocycles. The van der Waals surface area contributed by atoms with E-state index >= 15 is 0 Å². The molecule has 3 saturated heterocycles. The first-order valence-electron chi connectivity index (χ1n) is 21.1. The smallest absolute Gasteiger partial charge is 0.410 e. The summed E-state index contributed by atoms with van der Waals surface area (Å²) in [5, 5.41) is 19.1. The Balaban J connectivity index is 0.847. The third-order valence-electron chi connectivity index (χ3n) is 12.9. The van der Waals surface area contributed by atoms with Crippen molar-refractivity contribution in [3.05, 3.63) is 60.7 Å². The lowest BCUT2D eigenvalue weighted by atomic mass is 9.76. The highest BCUT2D eigenvalue weighted by atomic mass is 16.6. The first-order valence-corrected chi connectivity index (χ1v) is 21.1. The lowest BCUT2D eigenvalue weighted by Gasteiger charge is -2.41. The minimum atomic E-state index is -0.875. The largest absolute Gasteiger partial charge is 0.446 e. The van der Waals surface area contributed by atoms with Crippen molar-refractivity contribution in [2.24, 2.45) is 23.7 Å². The van der Waals surface area contributed by atoms with Gasteiger partial charge in [-0.2, -0.15) is 0 Å². The number of amides is 6. The number of ether oxygens (including phenoxy) is 2. The Morgan fingerprint density at radius 2 is 0.783 bits per heavy atom. The topological polar surface area (TPSA) is 205 Å². The van der Waals surface area contributed by atoms with Gasteiger partial charge in [-0.25, -0.2) is 20.5 Å². The molecule has 5 fully saturated rings. The van der Waals surface area contributed by atoms with E-state index in [0.29, 0.717) is 78.0 Å². The maximum absolute atomic E-state index is 13.7. The van der Waals surface area contributed by atoms with Crippen LogP contribution in [0, 0.1) is 23.7 Å². The second-order valence-corrected chi connectivity index (χ2v) is 16.3. The number of nitrogens with zero attached hydrogens (tertiary/aromatic N) is 6. The molecule has 2 aromatic rings. The second kappa shape index (κ2) is 19.6. The van der Waals surface area contributed by atoms with Gasteiger partial charge in [-0.1, -0.05) is 36.4 Å². The molecule has 60 heavy (non-hydrogen) atoms. The zero-order valence-electron chi connectivity index (χ0n) is 33.8. The van der Waals surface area contributed by atoms with Crippen molar-refractivity contribution in [1.82, 2.24) is 30.6 Å². The van der Waals surface area contributed by atoms with E-state index in [1.165, 1.54) is 9.80 Å². The van der Waals surface area contributed by atoms with Crippen molar-refractivity contribution in [2.75, 3.05) is 88.3 Å². The zero-order chi connectivity index (χ0) is 42.2. The molecule has 6 amide bonds. The standard InChI is InChI=1S/C42H56N8O10/c51-37(43-57)35-27-31(11-13-33(35)39(53)47-19-15-45(16-20-47)29-7-3-1-4-8-29)59-41(55)49-23-25-50(26-24-49)42(56)60-32-12-14-34(36(28-32)38(52)44-58)40(54)48-21-17-46(18-22-48)30-9-5-2-6-10-30/h1-10,31-36,57-58H,11-28H2,(H,43,51)(H,44,52)/t31-,32-,33+,34+,35+,36+/m1/s1. The summed E-state index contributed by atoms with van der Waals surface area (Å²) in [7, 11) is 0. The van der Waals surface area contributed by atoms with Crippen LogP contribution in [0.25, 0.3) is 0 Å². The molecule has 0 aromatic heterocycles. The summed E-state index contributed by atoms with van der Waals surface area (Å²) in [6, 6.07) is 19.9. The molecule has 0 unspecified atom stereocenters. The van der Waals surface area contributed by atoms with E-state index in [0.717, 1.165) is 11.4 Å². The first kappa shape index (κ1) is 42.5. The summed E-state index contributed by atoms with van der Waals surface area (Å²) < 4.78 is 11.6. The minimum Gasteiger partial charge on any atom is -0.446 e. The van der Waals surface area contributed by atoms with Gasteiger partial charge in [0.25, 0.3) is 0 Å². The summed E-state index contributed by atoms with van der Waals surface area (Å²) in [5.41, 5.74) is 5.58. The fraction of sp³-hybridized carbons (Fsp3) is 0.571. The predicted molar refractivity (Wildman–Crippen MR) is 216 cm³/mol. The zero-order valence-corrected chi connectivity index (χ0v) is 33.8. The van der Waals surface area contributed by atoms with Gasteiger partial charge in [-0.15, -0.1) is 0 Å². The van der Waals surface area contributed by atoms with Gasteiger partial charge in [0.2, 0.25) is 23.6 Å². The lowest BCUT2D eigenvalue weighted by Crippen LogP contribution is -2.54. The molecule has 2 aromatic carbocycles. The van der Waals surface area contributed by atoms with Crippen LogP contribution in [0.4, 0.5) is 21.0 Å². The van der Waals surface area contributed by atoms with Gasteiger partial charge in [0.1, 0.15) is 12.2 Å². The minimum absolute atomic E-state index is 0.0822. The van der Waals surface area contributed by atoms with Gasteiger partial charge in [0.15, 0.2) is 0 Å². The van der Waals surface area contributed by atoms with E-state index in [4.69, 9.17) is 9.47 Å². The van der Waals surface area contributed by atoms with Crippen LogP contribution < -0.4 is 20.8 Å². The molecule has 5 aliphatic rings. The summed E-state index contributed by atoms with van der Waals surface area (Å²) in [6.45, 7) is 5.35. The van der Waals surface area contributed by atoms with Crippen molar-refractivity contribution in [3.63, 3.8) is 0 Å². The molecule has 324 valence electrons. The summed E-state index contributed by atoms with van der Waals surface area (Å²) in [4.78, 5) is 90.4. The molecule has 4 N–H and O–H groups in total. The van der Waals surface area contributed by atoms with Crippen molar-refractivity contribution < 1.29 is 48.7 Å². The fourth-order valence-corrected chi connectivity index (χ4v) is 9.44. The number of piperazine rings is 3. The maximum atomic E-state index is 13.7. The lowest BCUT2D eigenvalue weighted by molar-refractivity contribution is -0.149. The Morgan fingerprint density at radius 1 is 0.450 bits per heavy atom. The average molecular weight is 833 g/mol. The molecule has 2 saturated carbocycles. The van der Waals surface area contributed by atoms with Crippen LogP contribution in [-0.2, 0) is 28.7 Å². The highest BCUT2D eigenvalue weighted by Gasteiger charge is 2.45. The van der Waals surface area contributed by atoms with E-state index in [2.05, 4.69) is 9.80 Å². The van der Waals surface area contributed by atoms with Gasteiger partial charge in [0, 0.05) is 89.9 Å². The number of anilines is 2. The van der Waals surface area contributed by atoms with E-state index in [1.807, 2.05) is 60.7 Å². The van der Waals surface area contributed by atoms with Crippen LogP contribution in [0.1, 0.15) is 38.5 Å². The van der Waals surface area contributed by atoms with Crippen molar-refractivity contribution in [1.29, 1.82) is 0 Å². The Hall–Kier alpha value is -5.62. The van der Waals surface area contributed by atoms with E-state index in [9.17, 15) is 39.2 Å². The van der Waals surface area contributed by atoms with Crippen LogP contribution in [0.3, 0.4) is 0 Å². The molecule has 18 heteroatoms. The molecular formula is C42H56N8O10. The van der Waals surface area contributed by atoms with Gasteiger partial charge < -0.3 is 38.9 Å². The Labute approximate surface area is 349 Å². The average Bonchev–Trinajstić information content (AvgIpc) is 3.31. The molecule has 3 aliphatic heterocycles. The number of carbonyl (C=O) groups excluding carboxylic acids is 6. The Bertz CT molecular complexity index is 1690. The third kappa shape index (κ3) is 9.87. The number of carbonyl (C=O) groups is 6. The first-order chi connectivity index (χ1) is 29.1. The molecule has 18 nitrogen and oxygen atoms in total. The second-order valence-electron chi connectivity index (χ2n) is 16.3. The van der Waals surface area contributed by atoms with E-state index in [1.54, 1.807) is 20.8 Å². The van der Waals surface area contributed by atoms with Gasteiger partial charge in [0.05, 0.1) is 23.7 Å². The highest BCUT2D eigenvalue weighted by Crippen LogP contribution is 2.36. The van der Waals surface area contributed by atoms with E-state index < -0.39 is 59.9 Å². The number of nitrogens with one attached hydrogen (secondary N) is 2. The van der Waals surface area contributed by atoms with E-state index in [-0.39, 0.29) is 50.8 Å². The maximum Gasteiger partial charge on any atom is 0.410 e. The summed E-state index contributed by atoms with van der Waals surface area (Å²) >= 11 is 0. The SMILES string of the molecule is O=C(NO)[C@H]1C[C@H](OC(=O)N2CCN(C(=O)O[C@@H]3CC[C@H](C(=O)N4CCN(c5ccccc5)CC4)[C@@H](C(=O)NO)C3)CC2)CC[C@@H]1C(=O)N1CCN(c2ccccc2)CC1. The molecule has 2 aliphatic carbocycles. The molecule has 0 spiro atoms. The molecular weight excluding hydrogens is 777 g/mol. The fourth-order valence-electron chi connectivity index (χ4n) is 9.44. The highest BCUT2D eigenvalue weighted by molar-refractivity contribution is 5.88. The third-order valence-corrected chi connectivity index (χ3v) is 12.9. The molecule has 7 rings (SSSR count). The van der Waals surface area contributed by atoms with Gasteiger partial charge in [-0.05, 0) is 62.8 Å². The Morgan fingerprint density at radius 3 is 1.12 bits per heavy atom. The van der Waals surface area contributed by atoms with Crippen molar-refractivity contribution in [2.45, 2.75) is 50.7 Å². The number of para-hydroxylation sites is 2. The van der Waals surface area contributed by atoms with Crippen molar-refractivity contribution in [3.8, 4) is 0 Å². The van der Waals surface area contributed by atoms with Crippen LogP contribution in [0.5, 0.6) is 0 Å². The molecule has 0 radical (unpaired) electrons. The molecule has 6 atom stereocenters. The molecule has 0 bridgehead atoms. The van der Waals surface area contributed by atoms with Crippen molar-refractivity contribution >= 4 is 47.2 Å². The summed E-state index contributed by atoms with van der Waals surface area (Å²) in [5.74, 6) is -4.74. The normalized spacial score (nSPS) is 26.2. The van der Waals surface area contributed by atoms with Gasteiger partial charge in [-0.3, -0.25) is 29.6 Å². The number of hydroxylamine groups is 2. The van der Waals surface area contributed by atoms with Crippen LogP contribution >= 0.6 is 0 Å². The number of hydrogen-bond donors (Lipinski definition) is 4.